The Labute approximate surface area is 94.1 Å². The van der Waals surface area contributed by atoms with Gasteiger partial charge in [0, 0.05) is 12.7 Å². The molecule has 0 aromatic heterocycles. The number of hydrogen-bond donors (Lipinski definition) is 0. The highest BCUT2D eigenvalue weighted by Crippen LogP contribution is 2.45. The summed E-state index contributed by atoms with van der Waals surface area (Å²) < 4.78 is 15.8. The number of fused-ring (bicyclic) bond motifs is 1. The van der Waals surface area contributed by atoms with Crippen molar-refractivity contribution in [2.24, 2.45) is 0 Å². The summed E-state index contributed by atoms with van der Waals surface area (Å²) in [6.07, 6.45) is -0.434. The maximum absolute atomic E-state index is 11.7. The third-order valence-electron chi connectivity index (χ3n) is 2.85. The molecule has 0 bridgehead atoms. The fourth-order valence-corrected chi connectivity index (χ4v) is 2.07. The van der Waals surface area contributed by atoms with Crippen LogP contribution in [0.1, 0.15) is 18.6 Å². The Bertz CT molecular complexity index is 415. The maximum atomic E-state index is 11.7. The predicted octanol–water partition coefficient (Wildman–Crippen LogP) is 1.70. The Kier molecular flexibility index (Phi) is 2.59. The van der Waals surface area contributed by atoms with Crippen LogP contribution < -0.4 is 4.74 Å². The van der Waals surface area contributed by atoms with Crippen LogP contribution in [0.25, 0.3) is 0 Å². The summed E-state index contributed by atoms with van der Waals surface area (Å²) in [5.74, 6) is 0.234. The topological polar surface area (TPSA) is 44.8 Å². The number of benzene rings is 1. The van der Waals surface area contributed by atoms with E-state index in [0.717, 1.165) is 5.56 Å². The average molecular weight is 222 g/mol. The first-order valence-electron chi connectivity index (χ1n) is 5.02. The van der Waals surface area contributed by atoms with Crippen molar-refractivity contribution in [3.8, 4) is 5.75 Å². The molecule has 1 heterocycles. The summed E-state index contributed by atoms with van der Waals surface area (Å²) in [6, 6.07) is 7.44. The summed E-state index contributed by atoms with van der Waals surface area (Å²) >= 11 is 0. The molecule has 0 N–H and O–H groups in total. The largest absolute Gasteiger partial charge is 0.472 e. The van der Waals surface area contributed by atoms with Crippen molar-refractivity contribution >= 4 is 5.97 Å². The molecule has 0 spiro atoms. The van der Waals surface area contributed by atoms with Gasteiger partial charge in [-0.25, -0.2) is 4.79 Å². The summed E-state index contributed by atoms with van der Waals surface area (Å²) in [4.78, 5) is 11.7. The van der Waals surface area contributed by atoms with Crippen molar-refractivity contribution in [2.75, 3.05) is 14.2 Å². The van der Waals surface area contributed by atoms with Gasteiger partial charge in [0.2, 0.25) is 5.60 Å². The second-order valence-corrected chi connectivity index (χ2v) is 3.85. The van der Waals surface area contributed by atoms with Gasteiger partial charge in [-0.2, -0.15) is 0 Å². The number of para-hydroxylation sites is 1. The van der Waals surface area contributed by atoms with Crippen molar-refractivity contribution in [3.05, 3.63) is 29.8 Å². The summed E-state index contributed by atoms with van der Waals surface area (Å²) in [5.41, 5.74) is -0.231. The normalized spacial score (nSPS) is 27.1. The lowest BCUT2D eigenvalue weighted by atomic mass is 9.95. The molecule has 1 aliphatic heterocycles. The first-order valence-corrected chi connectivity index (χ1v) is 5.02. The zero-order valence-corrected chi connectivity index (χ0v) is 9.52. The Morgan fingerprint density at radius 1 is 1.38 bits per heavy atom. The Morgan fingerprint density at radius 2 is 2.06 bits per heavy atom. The average Bonchev–Trinajstić information content (AvgIpc) is 2.60. The van der Waals surface area contributed by atoms with E-state index in [9.17, 15) is 4.79 Å². The highest BCUT2D eigenvalue weighted by Gasteiger charge is 2.52. The van der Waals surface area contributed by atoms with Gasteiger partial charge in [-0.1, -0.05) is 18.2 Å². The lowest BCUT2D eigenvalue weighted by molar-refractivity contribution is -0.166. The van der Waals surface area contributed by atoms with E-state index in [4.69, 9.17) is 14.2 Å². The zero-order chi connectivity index (χ0) is 11.8. The van der Waals surface area contributed by atoms with Crippen LogP contribution in [0.4, 0.5) is 0 Å². The van der Waals surface area contributed by atoms with E-state index in [0.29, 0.717) is 5.75 Å². The van der Waals surface area contributed by atoms with Gasteiger partial charge in [-0.3, -0.25) is 0 Å². The summed E-state index contributed by atoms with van der Waals surface area (Å²) in [7, 11) is 2.89. The molecule has 0 saturated carbocycles. The monoisotopic (exact) mass is 222 g/mol. The number of esters is 1. The van der Waals surface area contributed by atoms with E-state index in [1.807, 2.05) is 24.3 Å². The molecule has 4 heteroatoms. The first-order chi connectivity index (χ1) is 7.63. The highest BCUT2D eigenvalue weighted by atomic mass is 16.6. The Morgan fingerprint density at radius 3 is 2.69 bits per heavy atom. The van der Waals surface area contributed by atoms with Crippen LogP contribution in [0.15, 0.2) is 24.3 Å². The molecule has 0 fully saturated rings. The van der Waals surface area contributed by atoms with Crippen LogP contribution in [0.5, 0.6) is 5.75 Å². The first kappa shape index (κ1) is 11.0. The quantitative estimate of drug-likeness (QED) is 0.714. The van der Waals surface area contributed by atoms with Crippen molar-refractivity contribution in [2.45, 2.75) is 18.6 Å². The fourth-order valence-electron chi connectivity index (χ4n) is 2.07. The van der Waals surface area contributed by atoms with E-state index in [2.05, 4.69) is 0 Å². The van der Waals surface area contributed by atoms with Gasteiger partial charge in [0.15, 0.2) is 0 Å². The van der Waals surface area contributed by atoms with Gasteiger partial charge in [0.05, 0.1) is 7.11 Å². The summed E-state index contributed by atoms with van der Waals surface area (Å²) in [6.45, 7) is 1.67. The SMILES string of the molecule is COC(=O)C1(C)Oc2ccccc2C1OC. The minimum atomic E-state index is -1.10. The smallest absolute Gasteiger partial charge is 0.353 e. The van der Waals surface area contributed by atoms with Gasteiger partial charge in [-0.05, 0) is 13.0 Å². The Balaban J connectivity index is 2.45. The molecule has 0 aliphatic carbocycles. The van der Waals surface area contributed by atoms with E-state index in [-0.39, 0.29) is 0 Å². The third-order valence-corrected chi connectivity index (χ3v) is 2.85. The molecule has 2 rings (SSSR count). The fraction of sp³-hybridized carbons (Fsp3) is 0.417. The van der Waals surface area contributed by atoms with Gasteiger partial charge in [0.1, 0.15) is 11.9 Å². The van der Waals surface area contributed by atoms with Crippen LogP contribution in [-0.2, 0) is 14.3 Å². The van der Waals surface area contributed by atoms with Crippen molar-refractivity contribution < 1.29 is 19.0 Å². The van der Waals surface area contributed by atoms with Crippen LogP contribution in [-0.4, -0.2) is 25.8 Å². The summed E-state index contributed by atoms with van der Waals surface area (Å²) in [5, 5.41) is 0. The lowest BCUT2D eigenvalue weighted by Crippen LogP contribution is -2.44. The molecule has 0 saturated heterocycles. The molecule has 16 heavy (non-hydrogen) atoms. The number of carbonyl (C=O) groups is 1. The number of hydrogen-bond acceptors (Lipinski definition) is 4. The number of carbonyl (C=O) groups excluding carboxylic acids is 1. The number of methoxy groups -OCH3 is 2. The van der Waals surface area contributed by atoms with Crippen LogP contribution in [0, 0.1) is 0 Å². The van der Waals surface area contributed by atoms with Crippen molar-refractivity contribution in [3.63, 3.8) is 0 Å². The zero-order valence-electron chi connectivity index (χ0n) is 9.52. The second-order valence-electron chi connectivity index (χ2n) is 3.85. The van der Waals surface area contributed by atoms with Crippen molar-refractivity contribution in [1.82, 2.24) is 0 Å². The second kappa shape index (κ2) is 3.79. The Hall–Kier alpha value is -1.55. The van der Waals surface area contributed by atoms with Gasteiger partial charge < -0.3 is 14.2 Å². The molecule has 4 nitrogen and oxygen atoms in total. The van der Waals surface area contributed by atoms with Gasteiger partial charge in [0.25, 0.3) is 0 Å². The van der Waals surface area contributed by atoms with Gasteiger partial charge >= 0.3 is 5.97 Å². The van der Waals surface area contributed by atoms with Crippen LogP contribution in [0.2, 0.25) is 0 Å². The number of rotatable bonds is 2. The lowest BCUT2D eigenvalue weighted by Gasteiger charge is -2.26. The molecule has 1 aromatic rings. The molecular formula is C12H14O4. The predicted molar refractivity (Wildman–Crippen MR) is 57.2 cm³/mol. The highest BCUT2D eigenvalue weighted by molar-refractivity contribution is 5.82. The number of ether oxygens (including phenoxy) is 3. The van der Waals surface area contributed by atoms with Crippen molar-refractivity contribution in [1.29, 1.82) is 0 Å². The molecule has 2 atom stereocenters. The minimum absolute atomic E-state index is 0.434. The minimum Gasteiger partial charge on any atom is -0.472 e. The van der Waals surface area contributed by atoms with E-state index in [1.54, 1.807) is 14.0 Å². The molecule has 0 radical (unpaired) electrons. The molecular weight excluding hydrogens is 208 g/mol. The van der Waals surface area contributed by atoms with Gasteiger partial charge in [-0.15, -0.1) is 0 Å². The molecule has 2 unspecified atom stereocenters. The van der Waals surface area contributed by atoms with E-state index >= 15 is 0 Å². The molecule has 86 valence electrons. The molecule has 0 amide bonds. The van der Waals surface area contributed by atoms with E-state index < -0.39 is 17.7 Å². The maximum Gasteiger partial charge on any atom is 0.353 e. The molecule has 1 aliphatic rings. The molecule has 1 aromatic carbocycles. The van der Waals surface area contributed by atoms with Crippen LogP contribution in [0.3, 0.4) is 0 Å². The van der Waals surface area contributed by atoms with Crippen LogP contribution >= 0.6 is 0 Å². The standard InChI is InChI=1S/C12H14O4/c1-12(11(13)15-3)10(14-2)8-6-4-5-7-9(8)16-12/h4-7,10H,1-3H3. The third kappa shape index (κ3) is 1.38. The van der Waals surface area contributed by atoms with E-state index in [1.165, 1.54) is 7.11 Å².